The quantitative estimate of drug-likeness (QED) is 0.835. The van der Waals surface area contributed by atoms with Crippen LogP contribution in [0.25, 0.3) is 5.69 Å². The van der Waals surface area contributed by atoms with Crippen LogP contribution in [0.15, 0.2) is 30.5 Å². The molecule has 1 heterocycles. The first-order valence-electron chi connectivity index (χ1n) is 6.00. The SMILES string of the molecule is OC1CCCc2c1ccn2-c1ccc(Cl)cc1Cl. The Labute approximate surface area is 116 Å². The molecule has 0 saturated heterocycles. The molecule has 1 atom stereocenters. The van der Waals surface area contributed by atoms with Gasteiger partial charge in [-0.15, -0.1) is 0 Å². The van der Waals surface area contributed by atoms with Crippen LogP contribution in [0.5, 0.6) is 0 Å². The zero-order valence-electron chi connectivity index (χ0n) is 9.74. The van der Waals surface area contributed by atoms with Gasteiger partial charge in [0, 0.05) is 22.5 Å². The van der Waals surface area contributed by atoms with Crippen molar-refractivity contribution in [2.24, 2.45) is 0 Å². The van der Waals surface area contributed by atoms with Crippen LogP contribution >= 0.6 is 23.2 Å². The number of aliphatic hydroxyl groups excluding tert-OH is 1. The summed E-state index contributed by atoms with van der Waals surface area (Å²) in [4.78, 5) is 0. The predicted octanol–water partition coefficient (Wildman–Crippen LogP) is 4.15. The molecule has 0 radical (unpaired) electrons. The molecule has 1 aromatic carbocycles. The van der Waals surface area contributed by atoms with Crippen LogP contribution < -0.4 is 0 Å². The van der Waals surface area contributed by atoms with Crippen molar-refractivity contribution in [2.75, 3.05) is 0 Å². The Morgan fingerprint density at radius 3 is 2.83 bits per heavy atom. The zero-order chi connectivity index (χ0) is 12.7. The topological polar surface area (TPSA) is 25.2 Å². The Kier molecular flexibility index (Phi) is 3.10. The lowest BCUT2D eigenvalue weighted by atomic mass is 9.95. The van der Waals surface area contributed by atoms with Gasteiger partial charge in [0.2, 0.25) is 0 Å². The van der Waals surface area contributed by atoms with Gasteiger partial charge in [0.1, 0.15) is 0 Å². The van der Waals surface area contributed by atoms with Crippen LogP contribution in [0.1, 0.15) is 30.2 Å². The third kappa shape index (κ3) is 1.95. The van der Waals surface area contributed by atoms with Gasteiger partial charge in [-0.2, -0.15) is 0 Å². The van der Waals surface area contributed by atoms with Crippen molar-refractivity contribution < 1.29 is 5.11 Å². The van der Waals surface area contributed by atoms with Gasteiger partial charge in [-0.1, -0.05) is 23.2 Å². The summed E-state index contributed by atoms with van der Waals surface area (Å²) in [5, 5.41) is 11.2. The number of nitrogens with zero attached hydrogens (tertiary/aromatic N) is 1. The summed E-state index contributed by atoms with van der Waals surface area (Å²) < 4.78 is 2.05. The Balaban J connectivity index is 2.12. The molecule has 0 amide bonds. The molecule has 0 saturated carbocycles. The highest BCUT2D eigenvalue weighted by molar-refractivity contribution is 6.35. The van der Waals surface area contributed by atoms with E-state index in [2.05, 4.69) is 4.57 Å². The highest BCUT2D eigenvalue weighted by Gasteiger charge is 2.22. The van der Waals surface area contributed by atoms with Gasteiger partial charge < -0.3 is 9.67 Å². The van der Waals surface area contributed by atoms with Crippen molar-refractivity contribution in [3.05, 3.63) is 51.8 Å². The van der Waals surface area contributed by atoms with Crippen LogP contribution in [0, 0.1) is 0 Å². The van der Waals surface area contributed by atoms with Crippen molar-refractivity contribution in [1.82, 2.24) is 4.57 Å². The molecule has 0 spiro atoms. The summed E-state index contributed by atoms with van der Waals surface area (Å²) >= 11 is 12.1. The van der Waals surface area contributed by atoms with Gasteiger partial charge in [-0.25, -0.2) is 0 Å². The summed E-state index contributed by atoms with van der Waals surface area (Å²) in [6.07, 6.45) is 4.43. The highest BCUT2D eigenvalue weighted by atomic mass is 35.5. The van der Waals surface area contributed by atoms with Crippen molar-refractivity contribution in [3.8, 4) is 5.69 Å². The molecule has 1 unspecified atom stereocenters. The van der Waals surface area contributed by atoms with E-state index >= 15 is 0 Å². The first-order chi connectivity index (χ1) is 8.66. The molecule has 2 aromatic rings. The lowest BCUT2D eigenvalue weighted by Gasteiger charge is -2.20. The maximum atomic E-state index is 9.97. The molecule has 1 aromatic heterocycles. The van der Waals surface area contributed by atoms with Gasteiger partial charge in [0.15, 0.2) is 0 Å². The van der Waals surface area contributed by atoms with Crippen molar-refractivity contribution in [1.29, 1.82) is 0 Å². The normalized spacial score (nSPS) is 18.7. The van der Waals surface area contributed by atoms with E-state index in [-0.39, 0.29) is 6.10 Å². The Bertz CT molecular complexity index is 591. The molecule has 1 aliphatic carbocycles. The Hall–Kier alpha value is -0.960. The smallest absolute Gasteiger partial charge is 0.0807 e. The molecular weight excluding hydrogens is 269 g/mol. The van der Waals surface area contributed by atoms with Crippen LogP contribution in [-0.4, -0.2) is 9.67 Å². The number of rotatable bonds is 1. The fraction of sp³-hybridized carbons (Fsp3) is 0.286. The van der Waals surface area contributed by atoms with E-state index < -0.39 is 0 Å². The number of hydrogen-bond acceptors (Lipinski definition) is 1. The fourth-order valence-corrected chi connectivity index (χ4v) is 3.07. The number of benzene rings is 1. The Morgan fingerprint density at radius 1 is 1.22 bits per heavy atom. The average molecular weight is 282 g/mol. The van der Waals surface area contributed by atoms with Crippen molar-refractivity contribution in [2.45, 2.75) is 25.4 Å². The summed E-state index contributed by atoms with van der Waals surface area (Å²) in [5.41, 5.74) is 3.08. The first-order valence-corrected chi connectivity index (χ1v) is 6.76. The minimum Gasteiger partial charge on any atom is -0.388 e. The van der Waals surface area contributed by atoms with Crippen LogP contribution in [-0.2, 0) is 6.42 Å². The van der Waals surface area contributed by atoms with Crippen LogP contribution in [0.4, 0.5) is 0 Å². The maximum absolute atomic E-state index is 9.97. The second-order valence-electron chi connectivity index (χ2n) is 4.59. The van der Waals surface area contributed by atoms with E-state index in [0.717, 1.165) is 36.2 Å². The monoisotopic (exact) mass is 281 g/mol. The fourth-order valence-electron chi connectivity index (χ4n) is 2.57. The molecule has 4 heteroatoms. The third-order valence-corrected chi connectivity index (χ3v) is 3.98. The number of aromatic nitrogens is 1. The number of aliphatic hydroxyl groups is 1. The van der Waals surface area contributed by atoms with Gasteiger partial charge in [-0.3, -0.25) is 0 Å². The van der Waals surface area contributed by atoms with E-state index in [1.165, 1.54) is 0 Å². The van der Waals surface area contributed by atoms with Gasteiger partial charge >= 0.3 is 0 Å². The lowest BCUT2D eigenvalue weighted by molar-refractivity contribution is 0.156. The van der Waals surface area contributed by atoms with Gasteiger partial charge in [-0.05, 0) is 43.5 Å². The Morgan fingerprint density at radius 2 is 2.06 bits per heavy atom. The molecule has 1 aliphatic rings. The maximum Gasteiger partial charge on any atom is 0.0807 e. The molecule has 0 bridgehead atoms. The second kappa shape index (κ2) is 4.61. The number of halogens is 2. The van der Waals surface area contributed by atoms with Crippen LogP contribution in [0.3, 0.4) is 0 Å². The molecular formula is C14H13Cl2NO. The standard InChI is InChI=1S/C14H13Cl2NO/c15-9-4-5-13(11(16)8-9)17-7-6-10-12(17)2-1-3-14(10)18/h4-8,14,18H,1-3H2. The highest BCUT2D eigenvalue weighted by Crippen LogP contribution is 2.34. The van der Waals surface area contributed by atoms with E-state index in [9.17, 15) is 5.11 Å². The first kappa shape index (κ1) is 12.1. The average Bonchev–Trinajstić information content (AvgIpc) is 2.74. The molecule has 18 heavy (non-hydrogen) atoms. The minimum absolute atomic E-state index is 0.346. The molecule has 3 rings (SSSR count). The van der Waals surface area contributed by atoms with Gasteiger partial charge in [0.25, 0.3) is 0 Å². The molecule has 2 nitrogen and oxygen atoms in total. The largest absolute Gasteiger partial charge is 0.388 e. The summed E-state index contributed by atoms with van der Waals surface area (Å²) in [7, 11) is 0. The lowest BCUT2D eigenvalue weighted by Crippen LogP contribution is -2.11. The molecule has 0 aliphatic heterocycles. The van der Waals surface area contributed by atoms with Crippen molar-refractivity contribution in [3.63, 3.8) is 0 Å². The molecule has 0 fully saturated rings. The van der Waals surface area contributed by atoms with E-state index in [0.29, 0.717) is 10.0 Å². The van der Waals surface area contributed by atoms with Gasteiger partial charge in [0.05, 0.1) is 16.8 Å². The zero-order valence-corrected chi connectivity index (χ0v) is 11.2. The van der Waals surface area contributed by atoms with E-state index in [4.69, 9.17) is 23.2 Å². The summed E-state index contributed by atoms with van der Waals surface area (Å²) in [5.74, 6) is 0. The van der Waals surface area contributed by atoms with Crippen LogP contribution in [0.2, 0.25) is 10.0 Å². The molecule has 94 valence electrons. The minimum atomic E-state index is -0.346. The third-order valence-electron chi connectivity index (χ3n) is 3.45. The predicted molar refractivity (Wildman–Crippen MR) is 73.7 cm³/mol. The summed E-state index contributed by atoms with van der Waals surface area (Å²) in [6, 6.07) is 7.45. The summed E-state index contributed by atoms with van der Waals surface area (Å²) in [6.45, 7) is 0. The van der Waals surface area contributed by atoms with E-state index in [1.807, 2.05) is 24.4 Å². The van der Waals surface area contributed by atoms with E-state index in [1.54, 1.807) is 6.07 Å². The van der Waals surface area contributed by atoms with Crippen molar-refractivity contribution >= 4 is 23.2 Å². The molecule has 1 N–H and O–H groups in total. The number of fused-ring (bicyclic) bond motifs is 1. The second-order valence-corrected chi connectivity index (χ2v) is 5.44. The number of hydrogen-bond donors (Lipinski definition) is 1.